The van der Waals surface area contributed by atoms with Gasteiger partial charge in [-0.1, -0.05) is 5.16 Å². The Balaban J connectivity index is 1.46. The lowest BCUT2D eigenvalue weighted by Crippen LogP contribution is -2.22. The van der Waals surface area contributed by atoms with Gasteiger partial charge in [0.05, 0.1) is 28.8 Å². The molecule has 3 heterocycles. The molecule has 0 unspecified atom stereocenters. The highest BCUT2D eigenvalue weighted by molar-refractivity contribution is 5.99. The highest BCUT2D eigenvalue weighted by Crippen LogP contribution is 2.27. The Morgan fingerprint density at radius 3 is 2.67 bits per heavy atom. The quantitative estimate of drug-likeness (QED) is 0.440. The van der Waals surface area contributed by atoms with Crippen molar-refractivity contribution < 1.29 is 18.4 Å². The average molecular weight is 451 g/mol. The van der Waals surface area contributed by atoms with Gasteiger partial charge in [-0.2, -0.15) is 5.10 Å². The molecule has 0 saturated carbocycles. The van der Waals surface area contributed by atoms with Crippen LogP contribution in [0.4, 0.5) is 20.6 Å². The molecule has 1 aromatic carbocycles. The lowest BCUT2D eigenvalue weighted by molar-refractivity contribution is 0.262. The number of nitrogens with one attached hydrogen (secondary N) is 2. The van der Waals surface area contributed by atoms with Gasteiger partial charge in [-0.15, -0.1) is 0 Å². The van der Waals surface area contributed by atoms with E-state index >= 15 is 0 Å². The molecule has 0 aliphatic heterocycles. The fraction of sp³-hybridized carbons (Fsp3) is 0.227. The Kier molecular flexibility index (Phi) is 5.78. The number of benzene rings is 1. The minimum Gasteiger partial charge on any atom is -0.439 e. The van der Waals surface area contributed by atoms with E-state index < -0.39 is 11.8 Å². The number of nitrogens with zero attached hydrogens (tertiary/aromatic N) is 5. The summed E-state index contributed by atoms with van der Waals surface area (Å²) >= 11 is 0. The van der Waals surface area contributed by atoms with Crippen LogP contribution in [-0.2, 0) is 5.54 Å². The normalized spacial score (nSPS) is 11.3. The number of amides is 2. The van der Waals surface area contributed by atoms with Gasteiger partial charge in [0.2, 0.25) is 5.88 Å². The maximum atomic E-state index is 14.3. The van der Waals surface area contributed by atoms with Gasteiger partial charge in [-0.25, -0.2) is 19.2 Å². The Hall–Kier alpha value is -4.28. The lowest BCUT2D eigenvalue weighted by Gasteiger charge is -2.18. The molecule has 11 heteroatoms. The minimum atomic E-state index is -0.622. The third kappa shape index (κ3) is 5.32. The fourth-order valence-electron chi connectivity index (χ4n) is 2.84. The molecule has 2 amide bonds. The molecule has 0 saturated heterocycles. The first-order valence-electron chi connectivity index (χ1n) is 10.0. The summed E-state index contributed by atoms with van der Waals surface area (Å²) < 4.78 is 26.9. The molecule has 4 aromatic rings. The predicted octanol–water partition coefficient (Wildman–Crippen LogP) is 4.97. The van der Waals surface area contributed by atoms with Crippen LogP contribution in [0.5, 0.6) is 11.6 Å². The second kappa shape index (κ2) is 8.69. The van der Waals surface area contributed by atoms with E-state index in [1.54, 1.807) is 29.9 Å². The van der Waals surface area contributed by atoms with Crippen molar-refractivity contribution in [3.05, 3.63) is 60.6 Å². The number of carbonyl (C=O) groups excluding carboxylic acids is 1. The van der Waals surface area contributed by atoms with Crippen molar-refractivity contribution in [2.75, 3.05) is 10.6 Å². The molecular weight excluding hydrogens is 429 g/mol. The number of anilines is 2. The topological polar surface area (TPSA) is 120 Å². The molecule has 0 aliphatic carbocycles. The van der Waals surface area contributed by atoms with E-state index in [4.69, 9.17) is 9.26 Å². The van der Waals surface area contributed by atoms with Crippen molar-refractivity contribution >= 4 is 17.4 Å². The molecule has 0 bridgehead atoms. The monoisotopic (exact) mass is 451 g/mol. The first kappa shape index (κ1) is 21.9. The SMILES string of the molecule is Cc1cc(-c2cc(Oc3ccc(F)c(NC(=O)Nc4cnn(C(C)(C)C)c4)c3)ncn2)on1. The molecule has 2 N–H and O–H groups in total. The maximum Gasteiger partial charge on any atom is 0.323 e. The van der Waals surface area contributed by atoms with E-state index in [2.05, 4.69) is 30.9 Å². The molecule has 0 radical (unpaired) electrons. The first-order valence-corrected chi connectivity index (χ1v) is 10.0. The second-order valence-corrected chi connectivity index (χ2v) is 8.24. The van der Waals surface area contributed by atoms with E-state index in [-0.39, 0.29) is 22.9 Å². The average Bonchev–Trinajstić information content (AvgIpc) is 3.40. The van der Waals surface area contributed by atoms with Crippen LogP contribution < -0.4 is 15.4 Å². The van der Waals surface area contributed by atoms with E-state index in [1.165, 1.54) is 30.7 Å². The molecule has 4 rings (SSSR count). The Morgan fingerprint density at radius 1 is 1.15 bits per heavy atom. The highest BCUT2D eigenvalue weighted by atomic mass is 19.1. The van der Waals surface area contributed by atoms with Gasteiger partial charge in [0, 0.05) is 24.4 Å². The third-order valence-corrected chi connectivity index (χ3v) is 4.46. The zero-order valence-electron chi connectivity index (χ0n) is 18.5. The fourth-order valence-corrected chi connectivity index (χ4v) is 2.84. The molecular formula is C22H22FN7O3. The number of hydrogen-bond acceptors (Lipinski definition) is 7. The van der Waals surface area contributed by atoms with Crippen molar-refractivity contribution in [3.63, 3.8) is 0 Å². The number of aromatic nitrogens is 5. The number of rotatable bonds is 5. The van der Waals surface area contributed by atoms with Gasteiger partial charge in [0.1, 0.15) is 23.6 Å². The van der Waals surface area contributed by atoms with Gasteiger partial charge in [0.15, 0.2) is 5.76 Å². The van der Waals surface area contributed by atoms with Gasteiger partial charge >= 0.3 is 6.03 Å². The molecule has 0 fully saturated rings. The van der Waals surface area contributed by atoms with Crippen molar-refractivity contribution in [2.45, 2.75) is 33.2 Å². The smallest absolute Gasteiger partial charge is 0.323 e. The minimum absolute atomic E-state index is 0.0617. The van der Waals surface area contributed by atoms with Crippen LogP contribution in [-0.4, -0.2) is 30.9 Å². The number of carbonyl (C=O) groups is 1. The number of halogens is 1. The van der Waals surface area contributed by atoms with Crippen LogP contribution in [0.25, 0.3) is 11.5 Å². The summed E-state index contributed by atoms with van der Waals surface area (Å²) in [5.74, 6) is 0.326. The summed E-state index contributed by atoms with van der Waals surface area (Å²) in [6.07, 6.45) is 4.53. The zero-order chi connectivity index (χ0) is 23.6. The Bertz CT molecular complexity index is 1290. The van der Waals surface area contributed by atoms with Crippen LogP contribution in [0.2, 0.25) is 0 Å². The van der Waals surface area contributed by atoms with Crippen molar-refractivity contribution in [1.29, 1.82) is 0 Å². The van der Waals surface area contributed by atoms with Crippen molar-refractivity contribution in [2.24, 2.45) is 0 Å². The lowest BCUT2D eigenvalue weighted by atomic mass is 10.1. The number of hydrogen-bond donors (Lipinski definition) is 2. The molecule has 3 aromatic heterocycles. The van der Waals surface area contributed by atoms with Crippen LogP contribution in [0, 0.1) is 12.7 Å². The highest BCUT2D eigenvalue weighted by Gasteiger charge is 2.16. The summed E-state index contributed by atoms with van der Waals surface area (Å²) in [5.41, 5.74) is 1.38. The third-order valence-electron chi connectivity index (χ3n) is 4.46. The molecule has 0 atom stereocenters. The molecule has 33 heavy (non-hydrogen) atoms. The van der Waals surface area contributed by atoms with Gasteiger partial charge in [-0.3, -0.25) is 4.68 Å². The van der Waals surface area contributed by atoms with E-state index in [0.29, 0.717) is 22.8 Å². The molecule has 10 nitrogen and oxygen atoms in total. The zero-order valence-corrected chi connectivity index (χ0v) is 18.5. The van der Waals surface area contributed by atoms with E-state index in [1.807, 2.05) is 20.8 Å². The summed E-state index contributed by atoms with van der Waals surface area (Å²) in [4.78, 5) is 20.6. The Morgan fingerprint density at radius 2 is 1.97 bits per heavy atom. The summed E-state index contributed by atoms with van der Waals surface area (Å²) in [5, 5.41) is 13.1. The summed E-state index contributed by atoms with van der Waals surface area (Å²) in [7, 11) is 0. The largest absolute Gasteiger partial charge is 0.439 e. The van der Waals surface area contributed by atoms with Crippen LogP contribution >= 0.6 is 0 Å². The van der Waals surface area contributed by atoms with E-state index in [9.17, 15) is 9.18 Å². The van der Waals surface area contributed by atoms with Gasteiger partial charge < -0.3 is 19.9 Å². The number of urea groups is 1. The van der Waals surface area contributed by atoms with Crippen LogP contribution in [0.3, 0.4) is 0 Å². The van der Waals surface area contributed by atoms with Crippen molar-refractivity contribution in [1.82, 2.24) is 24.9 Å². The van der Waals surface area contributed by atoms with Crippen molar-refractivity contribution in [3.8, 4) is 23.1 Å². The molecule has 170 valence electrons. The first-order chi connectivity index (χ1) is 15.7. The summed E-state index contributed by atoms with van der Waals surface area (Å²) in [6.45, 7) is 7.75. The Labute approximate surface area is 188 Å². The van der Waals surface area contributed by atoms with Crippen LogP contribution in [0.1, 0.15) is 26.5 Å². The maximum absolute atomic E-state index is 14.3. The molecule has 0 spiro atoms. The second-order valence-electron chi connectivity index (χ2n) is 8.24. The summed E-state index contributed by atoms with van der Waals surface area (Å²) in [6, 6.07) is 6.64. The van der Waals surface area contributed by atoms with E-state index in [0.717, 1.165) is 0 Å². The predicted molar refractivity (Wildman–Crippen MR) is 119 cm³/mol. The van der Waals surface area contributed by atoms with Gasteiger partial charge in [-0.05, 0) is 39.8 Å². The number of aryl methyl sites for hydroxylation is 1. The van der Waals surface area contributed by atoms with Gasteiger partial charge in [0.25, 0.3) is 0 Å². The molecule has 0 aliphatic rings. The van der Waals surface area contributed by atoms with Crippen LogP contribution in [0.15, 0.2) is 53.6 Å². The number of ether oxygens (including phenoxy) is 1. The standard InChI is InChI=1S/C22H22FN7O3/c1-13-7-19(33-29-13)18-9-20(25-12-24-18)32-15-5-6-16(23)17(8-15)28-21(31)27-14-10-26-30(11-14)22(2,3)4/h5-12H,1-4H3,(H2,27,28,31).